The Hall–Kier alpha value is -3.42. The summed E-state index contributed by atoms with van der Waals surface area (Å²) in [6.07, 6.45) is -2.28. The number of benzene rings is 2. The minimum atomic E-state index is -4.41. The van der Waals surface area contributed by atoms with Gasteiger partial charge in [-0.05, 0) is 48.0 Å². The molecular weight excluding hydrogens is 369 g/mol. The van der Waals surface area contributed by atoms with Crippen molar-refractivity contribution in [2.45, 2.75) is 12.6 Å². The average molecular weight is 384 g/mol. The van der Waals surface area contributed by atoms with Crippen molar-refractivity contribution in [3.63, 3.8) is 0 Å². The summed E-state index contributed by atoms with van der Waals surface area (Å²) in [5, 5.41) is 11.0. The smallest absolute Gasteiger partial charge is 0.416 e. The highest BCUT2D eigenvalue weighted by Crippen LogP contribution is 2.34. The Morgan fingerprint density at radius 3 is 2.68 bits per heavy atom. The first-order chi connectivity index (χ1) is 13.4. The van der Waals surface area contributed by atoms with Crippen molar-refractivity contribution in [1.82, 2.24) is 10.2 Å². The summed E-state index contributed by atoms with van der Waals surface area (Å²) in [5.74, 6) is 0.511. The maximum atomic E-state index is 13.0. The maximum Gasteiger partial charge on any atom is 0.416 e. The van der Waals surface area contributed by atoms with Crippen molar-refractivity contribution in [3.05, 3.63) is 71.5 Å². The van der Waals surface area contributed by atoms with Gasteiger partial charge >= 0.3 is 6.18 Å². The lowest BCUT2D eigenvalue weighted by Crippen LogP contribution is -2.06. The van der Waals surface area contributed by atoms with E-state index >= 15 is 0 Å². The third-order valence-electron chi connectivity index (χ3n) is 4.37. The fourth-order valence-electron chi connectivity index (χ4n) is 3.01. The van der Waals surface area contributed by atoms with Gasteiger partial charge in [-0.3, -0.25) is 4.99 Å². The number of rotatable bonds is 4. The van der Waals surface area contributed by atoms with E-state index in [4.69, 9.17) is 4.74 Å². The molecule has 2 aromatic carbocycles. The summed E-state index contributed by atoms with van der Waals surface area (Å²) in [7, 11) is 1.50. The second-order valence-electron chi connectivity index (χ2n) is 6.22. The number of hydrogen-bond donors (Lipinski definition) is 1. The van der Waals surface area contributed by atoms with Crippen LogP contribution in [0.5, 0.6) is 5.75 Å². The highest BCUT2D eigenvalue weighted by Gasteiger charge is 2.30. The van der Waals surface area contributed by atoms with Gasteiger partial charge < -0.3 is 10.1 Å². The molecule has 0 amide bonds. The van der Waals surface area contributed by atoms with Crippen molar-refractivity contribution in [1.29, 1.82) is 0 Å². The summed E-state index contributed by atoms with van der Waals surface area (Å²) >= 11 is 0. The second kappa shape index (κ2) is 6.95. The lowest BCUT2D eigenvalue weighted by Gasteiger charge is -2.14. The molecule has 0 radical (unpaired) electrons. The van der Waals surface area contributed by atoms with Crippen LogP contribution in [0.25, 0.3) is 0 Å². The molecule has 0 fully saturated rings. The van der Waals surface area contributed by atoms with E-state index in [1.54, 1.807) is 30.5 Å². The van der Waals surface area contributed by atoms with Gasteiger partial charge in [-0.25, -0.2) is 0 Å². The van der Waals surface area contributed by atoms with Crippen LogP contribution in [0.1, 0.15) is 16.8 Å². The number of ether oxygens (including phenoxy) is 1. The first-order valence-electron chi connectivity index (χ1n) is 8.45. The molecule has 0 unspecified atom stereocenters. The molecule has 0 bridgehead atoms. The monoisotopic (exact) mass is 384 g/mol. The van der Waals surface area contributed by atoms with Crippen LogP contribution in [-0.2, 0) is 12.6 Å². The van der Waals surface area contributed by atoms with Crippen LogP contribution in [0.2, 0.25) is 0 Å². The SMILES string of the molecule is COc1ccc(C2=Nc3ccnnc3C2)cc1Nc1cccc(C(F)(F)F)c1. The molecule has 2 heterocycles. The number of nitrogens with one attached hydrogen (secondary N) is 1. The zero-order valence-corrected chi connectivity index (χ0v) is 14.8. The van der Waals surface area contributed by atoms with Crippen LogP contribution in [0, 0.1) is 0 Å². The molecule has 28 heavy (non-hydrogen) atoms. The van der Waals surface area contributed by atoms with Crippen LogP contribution in [0.3, 0.4) is 0 Å². The Morgan fingerprint density at radius 1 is 1.07 bits per heavy atom. The largest absolute Gasteiger partial charge is 0.495 e. The summed E-state index contributed by atoms with van der Waals surface area (Å²) in [6, 6.07) is 12.2. The molecule has 3 aromatic rings. The summed E-state index contributed by atoms with van der Waals surface area (Å²) in [6.45, 7) is 0. The standard InChI is InChI=1S/C20H15F3N4O/c1-28-19-6-5-12(16-11-17-15(26-16)7-8-24-27-17)9-18(19)25-14-4-2-3-13(10-14)20(21,22)23/h2-10,25H,11H2,1H3. The van der Waals surface area contributed by atoms with Gasteiger partial charge in [0.05, 0.1) is 41.7 Å². The molecule has 0 atom stereocenters. The number of halogens is 3. The molecule has 1 aromatic heterocycles. The first kappa shape index (κ1) is 18.0. The molecule has 0 saturated heterocycles. The number of aromatic nitrogens is 2. The van der Waals surface area contributed by atoms with E-state index in [1.165, 1.54) is 13.2 Å². The van der Waals surface area contributed by atoms with Gasteiger partial charge in [0.15, 0.2) is 0 Å². The van der Waals surface area contributed by atoms with Crippen molar-refractivity contribution in [2.75, 3.05) is 12.4 Å². The van der Waals surface area contributed by atoms with Crippen molar-refractivity contribution < 1.29 is 17.9 Å². The zero-order chi connectivity index (χ0) is 19.7. The Bertz CT molecular complexity index is 1060. The third-order valence-corrected chi connectivity index (χ3v) is 4.37. The molecule has 0 spiro atoms. The number of aliphatic imine (C=N–C) groups is 1. The Balaban J connectivity index is 1.66. The molecular formula is C20H15F3N4O. The summed E-state index contributed by atoms with van der Waals surface area (Å²) < 4.78 is 44.3. The highest BCUT2D eigenvalue weighted by molar-refractivity contribution is 6.06. The molecule has 0 saturated carbocycles. The predicted molar refractivity (Wildman–Crippen MR) is 99.7 cm³/mol. The molecule has 5 nitrogen and oxygen atoms in total. The molecule has 1 aliphatic rings. The fraction of sp³-hybridized carbons (Fsp3) is 0.150. The quantitative estimate of drug-likeness (QED) is 0.693. The van der Waals surface area contributed by atoms with Gasteiger partial charge in [-0.1, -0.05) is 6.07 Å². The molecule has 1 aliphatic heterocycles. The third kappa shape index (κ3) is 3.53. The second-order valence-corrected chi connectivity index (χ2v) is 6.22. The molecule has 4 rings (SSSR count). The van der Waals surface area contributed by atoms with Gasteiger partial charge in [-0.15, -0.1) is 0 Å². The van der Waals surface area contributed by atoms with Crippen molar-refractivity contribution >= 4 is 22.8 Å². The van der Waals surface area contributed by atoms with E-state index in [1.807, 2.05) is 6.07 Å². The first-order valence-corrected chi connectivity index (χ1v) is 8.45. The maximum absolute atomic E-state index is 13.0. The van der Waals surface area contributed by atoms with Crippen molar-refractivity contribution in [3.8, 4) is 5.75 Å². The Morgan fingerprint density at radius 2 is 1.93 bits per heavy atom. The highest BCUT2D eigenvalue weighted by atomic mass is 19.4. The van der Waals surface area contributed by atoms with Gasteiger partial charge in [-0.2, -0.15) is 23.4 Å². The van der Waals surface area contributed by atoms with E-state index < -0.39 is 11.7 Å². The molecule has 8 heteroatoms. The number of methoxy groups -OCH3 is 1. The number of nitrogens with zero attached hydrogens (tertiary/aromatic N) is 3. The van der Waals surface area contributed by atoms with Gasteiger partial charge in [0.2, 0.25) is 0 Å². The number of alkyl halides is 3. The predicted octanol–water partition coefficient (Wildman–Crippen LogP) is 4.92. The van der Waals surface area contributed by atoms with E-state index in [9.17, 15) is 13.2 Å². The van der Waals surface area contributed by atoms with Crippen molar-refractivity contribution in [2.24, 2.45) is 4.99 Å². The van der Waals surface area contributed by atoms with E-state index in [2.05, 4.69) is 20.5 Å². The van der Waals surface area contributed by atoms with E-state index in [0.29, 0.717) is 23.5 Å². The minimum Gasteiger partial charge on any atom is -0.495 e. The van der Waals surface area contributed by atoms with Crippen LogP contribution < -0.4 is 10.1 Å². The number of fused-ring (bicyclic) bond motifs is 1. The lowest BCUT2D eigenvalue weighted by atomic mass is 10.1. The van der Waals surface area contributed by atoms with E-state index in [-0.39, 0.29) is 0 Å². The molecule has 142 valence electrons. The Kier molecular flexibility index (Phi) is 4.46. The van der Waals surface area contributed by atoms with Crippen LogP contribution >= 0.6 is 0 Å². The van der Waals surface area contributed by atoms with Gasteiger partial charge in [0, 0.05) is 12.1 Å². The lowest BCUT2D eigenvalue weighted by molar-refractivity contribution is -0.137. The molecule has 1 N–H and O–H groups in total. The van der Waals surface area contributed by atoms with Crippen LogP contribution in [0.15, 0.2) is 59.7 Å². The summed E-state index contributed by atoms with van der Waals surface area (Å²) in [4.78, 5) is 4.57. The van der Waals surface area contributed by atoms with E-state index in [0.717, 1.165) is 34.8 Å². The fourth-order valence-corrected chi connectivity index (χ4v) is 3.01. The van der Waals surface area contributed by atoms with Gasteiger partial charge in [0.25, 0.3) is 0 Å². The summed E-state index contributed by atoms with van der Waals surface area (Å²) in [5.41, 5.74) is 3.34. The Labute approximate surface area is 158 Å². The number of anilines is 2. The normalized spacial score (nSPS) is 13.1. The van der Waals surface area contributed by atoms with Crippen LogP contribution in [0.4, 0.5) is 30.2 Å². The van der Waals surface area contributed by atoms with Gasteiger partial charge in [0.1, 0.15) is 5.75 Å². The minimum absolute atomic E-state index is 0.313. The topological polar surface area (TPSA) is 59.4 Å². The molecule has 0 aliphatic carbocycles. The number of hydrogen-bond acceptors (Lipinski definition) is 5. The zero-order valence-electron chi connectivity index (χ0n) is 14.8. The van der Waals surface area contributed by atoms with Crippen LogP contribution in [-0.4, -0.2) is 23.0 Å². The average Bonchev–Trinajstić information content (AvgIpc) is 3.12.